The van der Waals surface area contributed by atoms with E-state index in [0.29, 0.717) is 5.56 Å². The minimum atomic E-state index is 0.0957. The normalized spacial score (nSPS) is 23.7. The van der Waals surface area contributed by atoms with Crippen LogP contribution in [0.25, 0.3) is 0 Å². The molecule has 0 radical (unpaired) electrons. The van der Waals surface area contributed by atoms with Crippen LogP contribution in [-0.4, -0.2) is 29.1 Å². The number of aliphatic hydroxyl groups is 1. The number of phenols is 1. The number of nitrogens with zero attached hydrogens (tertiary/aromatic N) is 1. The molecule has 0 saturated heterocycles. The summed E-state index contributed by atoms with van der Waals surface area (Å²) in [6.07, 6.45) is 7.57. The molecule has 0 amide bonds. The smallest absolute Gasteiger partial charge is 0.124 e. The Labute approximate surface area is 115 Å². The summed E-state index contributed by atoms with van der Waals surface area (Å²) in [7, 11) is 0. The first kappa shape index (κ1) is 13.3. The topological polar surface area (TPSA) is 52.8 Å². The Balaban J connectivity index is 2.14. The number of rotatable bonds is 3. The third-order valence-corrected chi connectivity index (χ3v) is 3.65. The number of aliphatic hydroxyl groups excluding tert-OH is 1. The van der Waals surface area contributed by atoms with Crippen LogP contribution in [-0.2, 0) is 0 Å². The number of allylic oxidation sites excluding steroid dienone is 1. The van der Waals surface area contributed by atoms with Crippen LogP contribution in [0.1, 0.15) is 18.4 Å². The van der Waals surface area contributed by atoms with Crippen LogP contribution in [0.4, 0.5) is 0 Å². The Morgan fingerprint density at radius 2 is 2.11 bits per heavy atom. The standard InChI is InChI=1S/C14H16BrNO2/c15-12-5-6-14(18)11(7-12)8-16-13-4-2-1-3-10(13)9-17/h1-2,5-8,10,13,17-18H,3-4,9H2/t10-,13-/m0/s1. The fraction of sp³-hybridized carbons (Fsp3) is 0.357. The maximum absolute atomic E-state index is 9.71. The molecule has 0 spiro atoms. The van der Waals surface area contributed by atoms with Gasteiger partial charge in [-0.05, 0) is 31.0 Å². The molecule has 3 nitrogen and oxygen atoms in total. The number of hydrogen-bond donors (Lipinski definition) is 2. The van der Waals surface area contributed by atoms with Gasteiger partial charge in [0.05, 0.1) is 6.04 Å². The van der Waals surface area contributed by atoms with E-state index in [9.17, 15) is 10.2 Å². The molecule has 0 fully saturated rings. The first-order chi connectivity index (χ1) is 8.70. The van der Waals surface area contributed by atoms with Gasteiger partial charge in [-0.2, -0.15) is 0 Å². The van der Waals surface area contributed by atoms with E-state index in [4.69, 9.17) is 0 Å². The maximum Gasteiger partial charge on any atom is 0.124 e. The van der Waals surface area contributed by atoms with Crippen LogP contribution in [0.3, 0.4) is 0 Å². The first-order valence-corrected chi connectivity index (χ1v) is 6.77. The average Bonchev–Trinajstić information content (AvgIpc) is 2.40. The third-order valence-electron chi connectivity index (χ3n) is 3.16. The van der Waals surface area contributed by atoms with E-state index >= 15 is 0 Å². The zero-order valence-electron chi connectivity index (χ0n) is 9.96. The van der Waals surface area contributed by atoms with Crippen LogP contribution < -0.4 is 0 Å². The molecular weight excluding hydrogens is 294 g/mol. The second-order valence-electron chi connectivity index (χ2n) is 4.43. The molecule has 0 heterocycles. The van der Waals surface area contributed by atoms with Gasteiger partial charge in [0.1, 0.15) is 5.75 Å². The fourth-order valence-corrected chi connectivity index (χ4v) is 2.42. The lowest BCUT2D eigenvalue weighted by Crippen LogP contribution is -2.23. The Morgan fingerprint density at radius 1 is 1.33 bits per heavy atom. The van der Waals surface area contributed by atoms with Crippen molar-refractivity contribution in [3.63, 3.8) is 0 Å². The summed E-state index contributed by atoms with van der Waals surface area (Å²) in [5.41, 5.74) is 0.690. The van der Waals surface area contributed by atoms with Crippen molar-refractivity contribution in [2.45, 2.75) is 18.9 Å². The van der Waals surface area contributed by atoms with Gasteiger partial charge in [-0.15, -0.1) is 0 Å². The van der Waals surface area contributed by atoms with Gasteiger partial charge in [-0.1, -0.05) is 28.1 Å². The molecule has 2 atom stereocenters. The van der Waals surface area contributed by atoms with Gasteiger partial charge in [0, 0.05) is 28.8 Å². The van der Waals surface area contributed by atoms with Gasteiger partial charge >= 0.3 is 0 Å². The van der Waals surface area contributed by atoms with E-state index in [1.807, 2.05) is 6.07 Å². The minimum Gasteiger partial charge on any atom is -0.507 e. The molecule has 0 saturated carbocycles. The van der Waals surface area contributed by atoms with E-state index in [-0.39, 0.29) is 24.3 Å². The van der Waals surface area contributed by atoms with Crippen molar-refractivity contribution in [1.29, 1.82) is 0 Å². The van der Waals surface area contributed by atoms with Crippen molar-refractivity contribution in [3.8, 4) is 5.75 Å². The van der Waals surface area contributed by atoms with E-state index in [0.717, 1.165) is 17.3 Å². The van der Waals surface area contributed by atoms with E-state index < -0.39 is 0 Å². The Hall–Kier alpha value is -1.13. The quantitative estimate of drug-likeness (QED) is 0.666. The van der Waals surface area contributed by atoms with Crippen LogP contribution in [0.5, 0.6) is 5.75 Å². The van der Waals surface area contributed by atoms with Gasteiger partial charge in [0.15, 0.2) is 0 Å². The molecule has 2 N–H and O–H groups in total. The highest BCUT2D eigenvalue weighted by molar-refractivity contribution is 9.10. The molecule has 18 heavy (non-hydrogen) atoms. The number of phenolic OH excluding ortho intramolecular Hbond substituents is 1. The summed E-state index contributed by atoms with van der Waals surface area (Å²) < 4.78 is 0.906. The number of aromatic hydroxyl groups is 1. The van der Waals surface area contributed by atoms with Crippen LogP contribution in [0.2, 0.25) is 0 Å². The summed E-state index contributed by atoms with van der Waals surface area (Å²) in [6, 6.07) is 5.34. The number of hydrogen-bond acceptors (Lipinski definition) is 3. The van der Waals surface area contributed by atoms with Crippen LogP contribution >= 0.6 is 15.9 Å². The second-order valence-corrected chi connectivity index (χ2v) is 5.35. The number of benzene rings is 1. The lowest BCUT2D eigenvalue weighted by atomic mass is 9.90. The predicted molar refractivity (Wildman–Crippen MR) is 76.1 cm³/mol. The molecule has 0 unspecified atom stereocenters. The first-order valence-electron chi connectivity index (χ1n) is 5.98. The molecule has 1 aliphatic carbocycles. The van der Waals surface area contributed by atoms with Crippen molar-refractivity contribution in [2.24, 2.45) is 10.9 Å². The summed E-state index contributed by atoms with van der Waals surface area (Å²) in [5, 5.41) is 19.0. The average molecular weight is 310 g/mol. The SMILES string of the molecule is OC[C@@H]1CC=CC[C@@H]1N=Cc1cc(Br)ccc1O. The molecule has 1 aromatic carbocycles. The van der Waals surface area contributed by atoms with Gasteiger partial charge < -0.3 is 10.2 Å². The highest BCUT2D eigenvalue weighted by Crippen LogP contribution is 2.23. The van der Waals surface area contributed by atoms with Crippen molar-refractivity contribution in [1.82, 2.24) is 0 Å². The fourth-order valence-electron chi connectivity index (χ4n) is 2.04. The second kappa shape index (κ2) is 6.16. The number of halogens is 1. The molecule has 1 aromatic rings. The summed E-state index contributed by atoms with van der Waals surface area (Å²) in [5.74, 6) is 0.398. The molecule has 4 heteroatoms. The lowest BCUT2D eigenvalue weighted by molar-refractivity contribution is 0.203. The third kappa shape index (κ3) is 3.21. The largest absolute Gasteiger partial charge is 0.507 e. The van der Waals surface area contributed by atoms with Crippen molar-refractivity contribution >= 4 is 22.1 Å². The number of aliphatic imine (C=N–C) groups is 1. The molecule has 96 valence electrons. The van der Waals surface area contributed by atoms with Crippen molar-refractivity contribution in [3.05, 3.63) is 40.4 Å². The van der Waals surface area contributed by atoms with E-state index in [1.165, 1.54) is 0 Å². The highest BCUT2D eigenvalue weighted by atomic mass is 79.9. The summed E-state index contributed by atoms with van der Waals surface area (Å²) >= 11 is 3.36. The zero-order valence-corrected chi connectivity index (χ0v) is 11.5. The zero-order chi connectivity index (χ0) is 13.0. The van der Waals surface area contributed by atoms with E-state index in [2.05, 4.69) is 33.1 Å². The monoisotopic (exact) mass is 309 g/mol. The molecule has 1 aliphatic rings. The Bertz CT molecular complexity index is 471. The van der Waals surface area contributed by atoms with Crippen LogP contribution in [0, 0.1) is 5.92 Å². The molecule has 0 aromatic heterocycles. The summed E-state index contributed by atoms with van der Waals surface area (Å²) in [6.45, 7) is 0.150. The molecular formula is C14H16BrNO2. The van der Waals surface area contributed by atoms with Gasteiger partial charge in [0.25, 0.3) is 0 Å². The molecule has 0 bridgehead atoms. The molecule has 2 rings (SSSR count). The van der Waals surface area contributed by atoms with Crippen LogP contribution in [0.15, 0.2) is 39.8 Å². The highest BCUT2D eigenvalue weighted by Gasteiger charge is 2.20. The lowest BCUT2D eigenvalue weighted by Gasteiger charge is -2.23. The Morgan fingerprint density at radius 3 is 2.89 bits per heavy atom. The van der Waals surface area contributed by atoms with Gasteiger partial charge in [-0.3, -0.25) is 4.99 Å². The summed E-state index contributed by atoms with van der Waals surface area (Å²) in [4.78, 5) is 4.49. The van der Waals surface area contributed by atoms with Gasteiger partial charge in [0.2, 0.25) is 0 Å². The van der Waals surface area contributed by atoms with E-state index in [1.54, 1.807) is 18.3 Å². The minimum absolute atomic E-state index is 0.0957. The van der Waals surface area contributed by atoms with Crippen molar-refractivity contribution in [2.75, 3.05) is 6.61 Å². The Kier molecular flexibility index (Phi) is 4.55. The van der Waals surface area contributed by atoms with Crippen molar-refractivity contribution < 1.29 is 10.2 Å². The predicted octanol–water partition coefficient (Wildman–Crippen LogP) is 2.90. The van der Waals surface area contributed by atoms with Gasteiger partial charge in [-0.25, -0.2) is 0 Å². The molecule has 0 aliphatic heterocycles. The maximum atomic E-state index is 9.71.